The van der Waals surface area contributed by atoms with Crippen LogP contribution in [0.1, 0.15) is 29.5 Å². The molecule has 13 heavy (non-hydrogen) atoms. The molecule has 0 spiro atoms. The molecule has 0 radical (unpaired) electrons. The molecule has 0 nitrogen and oxygen atoms in total. The van der Waals surface area contributed by atoms with Crippen LogP contribution in [0.3, 0.4) is 0 Å². The van der Waals surface area contributed by atoms with E-state index in [1.54, 1.807) is 0 Å². The van der Waals surface area contributed by atoms with Gasteiger partial charge >= 0.3 is 0 Å². The minimum absolute atomic E-state index is 1.00. The highest BCUT2D eigenvalue weighted by Gasteiger charge is 1.97. The van der Waals surface area contributed by atoms with Gasteiger partial charge in [0.25, 0.3) is 0 Å². The molecule has 0 amide bonds. The van der Waals surface area contributed by atoms with Crippen molar-refractivity contribution in [2.24, 2.45) is 0 Å². The van der Waals surface area contributed by atoms with Crippen LogP contribution in [-0.4, -0.2) is 5.75 Å². The van der Waals surface area contributed by atoms with Crippen LogP contribution in [0, 0.1) is 13.8 Å². The molecule has 72 valence electrons. The lowest BCUT2D eigenvalue weighted by atomic mass is 10.0. The van der Waals surface area contributed by atoms with Crippen LogP contribution >= 0.6 is 12.6 Å². The van der Waals surface area contributed by atoms with E-state index >= 15 is 0 Å². The Morgan fingerprint density at radius 1 is 1.15 bits per heavy atom. The Morgan fingerprint density at radius 2 is 1.92 bits per heavy atom. The zero-order chi connectivity index (χ0) is 9.68. The molecule has 0 fully saturated rings. The minimum atomic E-state index is 1.00. The lowest BCUT2D eigenvalue weighted by Crippen LogP contribution is -1.91. The predicted molar refractivity (Wildman–Crippen MR) is 62.7 cm³/mol. The Labute approximate surface area is 86.8 Å². The topological polar surface area (TPSA) is 0 Å². The van der Waals surface area contributed by atoms with Crippen molar-refractivity contribution in [3.05, 3.63) is 34.9 Å². The van der Waals surface area contributed by atoms with Gasteiger partial charge in [0, 0.05) is 0 Å². The molecule has 0 aliphatic rings. The molecule has 0 bridgehead atoms. The maximum absolute atomic E-state index is 4.21. The van der Waals surface area contributed by atoms with Crippen molar-refractivity contribution in [3.63, 3.8) is 0 Å². The van der Waals surface area contributed by atoms with Crippen LogP contribution < -0.4 is 0 Å². The fraction of sp³-hybridized carbons (Fsp3) is 0.500. The standard InChI is InChI=1S/C12H18S/c1-10-6-7-12(11(2)9-10)5-3-4-8-13/h6-7,9,13H,3-5,8H2,1-2H3. The summed E-state index contributed by atoms with van der Waals surface area (Å²) in [6, 6.07) is 6.71. The summed E-state index contributed by atoms with van der Waals surface area (Å²) in [6.07, 6.45) is 3.68. The third-order valence-corrected chi connectivity index (χ3v) is 2.67. The van der Waals surface area contributed by atoms with Gasteiger partial charge in [-0.1, -0.05) is 23.8 Å². The number of unbranched alkanes of at least 4 members (excludes halogenated alkanes) is 1. The molecule has 0 heterocycles. The molecule has 0 saturated heterocycles. The van der Waals surface area contributed by atoms with E-state index in [1.165, 1.54) is 36.0 Å². The first kappa shape index (κ1) is 10.6. The fourth-order valence-corrected chi connectivity index (χ4v) is 1.78. The van der Waals surface area contributed by atoms with Gasteiger partial charge in [-0.15, -0.1) is 0 Å². The molecule has 0 aliphatic heterocycles. The van der Waals surface area contributed by atoms with Crippen molar-refractivity contribution in [2.75, 3.05) is 5.75 Å². The lowest BCUT2D eigenvalue weighted by Gasteiger charge is -2.05. The number of rotatable bonds is 4. The Bertz CT molecular complexity index is 266. The normalized spacial score (nSPS) is 10.4. The lowest BCUT2D eigenvalue weighted by molar-refractivity contribution is 0.799. The molecular formula is C12H18S. The monoisotopic (exact) mass is 194 g/mol. The van der Waals surface area contributed by atoms with Crippen LogP contribution in [0.25, 0.3) is 0 Å². The number of hydrogen-bond acceptors (Lipinski definition) is 1. The summed E-state index contributed by atoms with van der Waals surface area (Å²) in [7, 11) is 0. The minimum Gasteiger partial charge on any atom is -0.179 e. The smallest absolute Gasteiger partial charge is 0.00978 e. The van der Waals surface area contributed by atoms with Gasteiger partial charge in [-0.3, -0.25) is 0 Å². The van der Waals surface area contributed by atoms with Crippen molar-refractivity contribution in [2.45, 2.75) is 33.1 Å². The van der Waals surface area contributed by atoms with E-state index in [9.17, 15) is 0 Å². The molecule has 0 aliphatic carbocycles. The number of benzene rings is 1. The van der Waals surface area contributed by atoms with E-state index in [0.29, 0.717) is 0 Å². The molecule has 0 saturated carbocycles. The fourth-order valence-electron chi connectivity index (χ4n) is 1.55. The Balaban J connectivity index is 2.56. The van der Waals surface area contributed by atoms with Crippen LogP contribution in [0.15, 0.2) is 18.2 Å². The van der Waals surface area contributed by atoms with E-state index in [2.05, 4.69) is 44.7 Å². The quantitative estimate of drug-likeness (QED) is 0.550. The molecule has 1 rings (SSSR count). The van der Waals surface area contributed by atoms with Gasteiger partial charge in [0.15, 0.2) is 0 Å². The Morgan fingerprint density at radius 3 is 2.54 bits per heavy atom. The molecule has 0 unspecified atom stereocenters. The largest absolute Gasteiger partial charge is 0.179 e. The first-order chi connectivity index (χ1) is 6.24. The van der Waals surface area contributed by atoms with Gasteiger partial charge in [-0.05, 0) is 50.0 Å². The SMILES string of the molecule is Cc1ccc(CCCCS)c(C)c1. The molecule has 1 aromatic carbocycles. The van der Waals surface area contributed by atoms with Crippen LogP contribution in [0.4, 0.5) is 0 Å². The predicted octanol–water partition coefficient (Wildman–Crippen LogP) is 3.56. The first-order valence-electron chi connectivity index (χ1n) is 4.91. The Hall–Kier alpha value is -0.430. The number of hydrogen-bond donors (Lipinski definition) is 1. The molecule has 1 aromatic rings. The maximum atomic E-state index is 4.21. The second-order valence-corrected chi connectivity index (χ2v) is 4.06. The summed E-state index contributed by atoms with van der Waals surface area (Å²) >= 11 is 4.21. The summed E-state index contributed by atoms with van der Waals surface area (Å²) in [5, 5.41) is 0. The molecule has 0 aromatic heterocycles. The van der Waals surface area contributed by atoms with Crippen molar-refractivity contribution in [3.8, 4) is 0 Å². The van der Waals surface area contributed by atoms with Crippen LogP contribution in [0.2, 0.25) is 0 Å². The summed E-state index contributed by atoms with van der Waals surface area (Å²) in [5.41, 5.74) is 4.28. The van der Waals surface area contributed by atoms with Gasteiger partial charge in [0.2, 0.25) is 0 Å². The Kier molecular flexibility index (Phi) is 4.37. The van der Waals surface area contributed by atoms with E-state index in [1.807, 2.05) is 0 Å². The van der Waals surface area contributed by atoms with Crippen molar-refractivity contribution >= 4 is 12.6 Å². The highest BCUT2D eigenvalue weighted by molar-refractivity contribution is 7.80. The van der Waals surface area contributed by atoms with Gasteiger partial charge < -0.3 is 0 Å². The zero-order valence-corrected chi connectivity index (χ0v) is 9.40. The van der Waals surface area contributed by atoms with Gasteiger partial charge in [-0.2, -0.15) is 12.6 Å². The molecule has 0 atom stereocenters. The third kappa shape index (κ3) is 3.43. The van der Waals surface area contributed by atoms with Gasteiger partial charge in [0.05, 0.1) is 0 Å². The average Bonchev–Trinajstić information content (AvgIpc) is 2.09. The van der Waals surface area contributed by atoms with Crippen molar-refractivity contribution in [1.82, 2.24) is 0 Å². The second kappa shape index (κ2) is 5.33. The first-order valence-corrected chi connectivity index (χ1v) is 5.54. The zero-order valence-electron chi connectivity index (χ0n) is 8.51. The highest BCUT2D eigenvalue weighted by atomic mass is 32.1. The van der Waals surface area contributed by atoms with E-state index in [4.69, 9.17) is 0 Å². The second-order valence-electron chi connectivity index (χ2n) is 3.61. The summed E-state index contributed by atoms with van der Waals surface area (Å²) in [4.78, 5) is 0. The maximum Gasteiger partial charge on any atom is -0.00978 e. The van der Waals surface area contributed by atoms with E-state index in [-0.39, 0.29) is 0 Å². The average molecular weight is 194 g/mol. The molecule has 0 N–H and O–H groups in total. The summed E-state index contributed by atoms with van der Waals surface area (Å²) in [5.74, 6) is 1.00. The van der Waals surface area contributed by atoms with Gasteiger partial charge in [-0.25, -0.2) is 0 Å². The van der Waals surface area contributed by atoms with E-state index in [0.717, 1.165) is 5.75 Å². The summed E-state index contributed by atoms with van der Waals surface area (Å²) < 4.78 is 0. The molecular weight excluding hydrogens is 176 g/mol. The number of aryl methyl sites for hydroxylation is 3. The third-order valence-electron chi connectivity index (χ3n) is 2.35. The van der Waals surface area contributed by atoms with E-state index < -0.39 is 0 Å². The number of thiol groups is 1. The van der Waals surface area contributed by atoms with Crippen molar-refractivity contribution in [1.29, 1.82) is 0 Å². The molecule has 1 heteroatoms. The van der Waals surface area contributed by atoms with Crippen molar-refractivity contribution < 1.29 is 0 Å². The van der Waals surface area contributed by atoms with Crippen LogP contribution in [0.5, 0.6) is 0 Å². The van der Waals surface area contributed by atoms with Gasteiger partial charge in [0.1, 0.15) is 0 Å². The summed E-state index contributed by atoms with van der Waals surface area (Å²) in [6.45, 7) is 4.34. The van der Waals surface area contributed by atoms with Crippen LogP contribution in [-0.2, 0) is 6.42 Å². The highest BCUT2D eigenvalue weighted by Crippen LogP contribution is 2.13.